The van der Waals surface area contributed by atoms with Crippen molar-refractivity contribution in [3.63, 3.8) is 0 Å². The van der Waals surface area contributed by atoms with E-state index in [1.807, 2.05) is 30.5 Å². The van der Waals surface area contributed by atoms with Crippen LogP contribution in [0.5, 0.6) is 0 Å². The molecule has 1 aliphatic heterocycles. The minimum absolute atomic E-state index is 0.243. The number of amides is 1. The number of hydrogen-bond donors (Lipinski definition) is 3. The lowest BCUT2D eigenvalue weighted by Gasteiger charge is -2.30. The summed E-state index contributed by atoms with van der Waals surface area (Å²) in [6, 6.07) is 6.84. The van der Waals surface area contributed by atoms with E-state index in [4.69, 9.17) is 4.74 Å². The molecule has 1 aromatic carbocycles. The highest BCUT2D eigenvalue weighted by Gasteiger charge is 2.29. The molecule has 25 heavy (non-hydrogen) atoms. The number of H-pyrrole nitrogens is 1. The maximum atomic E-state index is 12.9. The van der Waals surface area contributed by atoms with E-state index in [2.05, 4.69) is 14.4 Å². The largest absolute Gasteiger partial charge is 0.378 e. The first-order chi connectivity index (χ1) is 12.0. The van der Waals surface area contributed by atoms with Crippen LogP contribution in [0.15, 0.2) is 30.5 Å². The molecular weight excluding hydrogens is 344 g/mol. The average molecular weight is 366 g/mol. The predicted octanol–water partition coefficient (Wildman–Crippen LogP) is -0.00840. The normalized spacial score (nSPS) is 16.9. The molecule has 0 bridgehead atoms. The van der Waals surface area contributed by atoms with Crippen LogP contribution in [-0.4, -0.2) is 63.6 Å². The Morgan fingerprint density at radius 2 is 2.04 bits per heavy atom. The highest BCUT2D eigenvalue weighted by molar-refractivity contribution is 7.87. The lowest BCUT2D eigenvalue weighted by atomic mass is 10.0. The third-order valence-electron chi connectivity index (χ3n) is 4.29. The van der Waals surface area contributed by atoms with Gasteiger partial charge < -0.3 is 14.6 Å². The summed E-state index contributed by atoms with van der Waals surface area (Å²) in [5.74, 6) is -0.243. The Morgan fingerprint density at radius 1 is 1.32 bits per heavy atom. The number of morpholine rings is 1. The fraction of sp³-hybridized carbons (Fsp3) is 0.438. The molecule has 1 amide bonds. The minimum atomic E-state index is -3.75. The molecule has 3 rings (SSSR count). The van der Waals surface area contributed by atoms with Gasteiger partial charge in [0.1, 0.15) is 6.04 Å². The van der Waals surface area contributed by atoms with E-state index in [1.165, 1.54) is 7.05 Å². The van der Waals surface area contributed by atoms with Crippen LogP contribution in [0.25, 0.3) is 10.9 Å². The third kappa shape index (κ3) is 4.18. The molecule has 0 radical (unpaired) electrons. The van der Waals surface area contributed by atoms with Crippen molar-refractivity contribution >= 4 is 27.0 Å². The Bertz CT molecular complexity index is 843. The van der Waals surface area contributed by atoms with Crippen molar-refractivity contribution in [1.29, 1.82) is 0 Å². The Balaban J connectivity index is 1.86. The van der Waals surface area contributed by atoms with Crippen LogP contribution < -0.4 is 9.44 Å². The first kappa shape index (κ1) is 17.9. The molecule has 0 spiro atoms. The van der Waals surface area contributed by atoms with Crippen molar-refractivity contribution in [3.8, 4) is 0 Å². The molecule has 1 saturated heterocycles. The molecule has 1 aliphatic rings. The highest BCUT2D eigenvalue weighted by Crippen LogP contribution is 2.20. The molecule has 2 heterocycles. The van der Waals surface area contributed by atoms with Crippen molar-refractivity contribution in [2.24, 2.45) is 0 Å². The lowest BCUT2D eigenvalue weighted by Crippen LogP contribution is -2.54. The monoisotopic (exact) mass is 366 g/mol. The smallest absolute Gasteiger partial charge is 0.277 e. The molecule has 1 atom stereocenters. The van der Waals surface area contributed by atoms with Crippen molar-refractivity contribution in [2.45, 2.75) is 12.5 Å². The number of carbonyl (C=O) groups is 1. The molecule has 0 aliphatic carbocycles. The molecule has 0 saturated carbocycles. The van der Waals surface area contributed by atoms with Crippen molar-refractivity contribution in [3.05, 3.63) is 36.0 Å². The number of nitrogens with one attached hydrogen (secondary N) is 3. The number of fused-ring (bicyclic) bond motifs is 1. The van der Waals surface area contributed by atoms with E-state index in [0.717, 1.165) is 16.5 Å². The number of carbonyl (C=O) groups excluding carboxylic acids is 1. The summed E-state index contributed by atoms with van der Waals surface area (Å²) in [7, 11) is -2.44. The molecule has 8 nitrogen and oxygen atoms in total. The summed E-state index contributed by atoms with van der Waals surface area (Å²) >= 11 is 0. The van der Waals surface area contributed by atoms with Crippen LogP contribution in [0.2, 0.25) is 0 Å². The number of benzene rings is 1. The number of ether oxygens (including phenoxy) is 1. The van der Waals surface area contributed by atoms with E-state index >= 15 is 0 Å². The van der Waals surface area contributed by atoms with Crippen LogP contribution in [0.3, 0.4) is 0 Å². The standard InChI is InChI=1S/C16H22N4O4S/c1-17-25(22,23)19-15(16(21)20-6-8-24-9-7-20)10-12-11-18-14-5-3-2-4-13(12)14/h2-5,11,15,17-19H,6-10H2,1H3. The van der Waals surface area contributed by atoms with Gasteiger partial charge in [0.05, 0.1) is 13.2 Å². The van der Waals surface area contributed by atoms with Gasteiger partial charge in [-0.2, -0.15) is 13.1 Å². The number of para-hydroxylation sites is 1. The van der Waals surface area contributed by atoms with Gasteiger partial charge in [-0.25, -0.2) is 4.72 Å². The van der Waals surface area contributed by atoms with E-state index in [1.54, 1.807) is 4.90 Å². The van der Waals surface area contributed by atoms with Crippen LogP contribution in [0.4, 0.5) is 0 Å². The fourth-order valence-corrected chi connectivity index (χ4v) is 3.63. The van der Waals surface area contributed by atoms with E-state index in [-0.39, 0.29) is 12.3 Å². The zero-order valence-corrected chi connectivity index (χ0v) is 14.8. The fourth-order valence-electron chi connectivity index (χ4n) is 2.95. The van der Waals surface area contributed by atoms with Crippen LogP contribution in [0, 0.1) is 0 Å². The Hall–Kier alpha value is -1.94. The quantitative estimate of drug-likeness (QED) is 0.669. The summed E-state index contributed by atoms with van der Waals surface area (Å²) in [4.78, 5) is 17.7. The molecule has 1 unspecified atom stereocenters. The zero-order chi connectivity index (χ0) is 17.9. The van der Waals surface area contributed by atoms with Crippen LogP contribution in [0.1, 0.15) is 5.56 Å². The third-order valence-corrected chi connectivity index (χ3v) is 5.42. The summed E-state index contributed by atoms with van der Waals surface area (Å²) in [5.41, 5.74) is 1.84. The van der Waals surface area contributed by atoms with E-state index < -0.39 is 16.3 Å². The molecule has 2 aromatic rings. The number of aromatic amines is 1. The molecular formula is C16H22N4O4S. The molecule has 1 fully saturated rings. The average Bonchev–Trinajstić information content (AvgIpc) is 3.04. The molecule has 136 valence electrons. The number of hydrogen-bond acceptors (Lipinski definition) is 4. The summed E-state index contributed by atoms with van der Waals surface area (Å²) in [5, 5.41) is 0.978. The van der Waals surface area contributed by atoms with Gasteiger partial charge in [-0.1, -0.05) is 18.2 Å². The summed E-state index contributed by atoms with van der Waals surface area (Å²) in [6.07, 6.45) is 2.08. The number of nitrogens with zero attached hydrogens (tertiary/aromatic N) is 1. The van der Waals surface area contributed by atoms with Crippen molar-refractivity contribution in [2.75, 3.05) is 33.4 Å². The van der Waals surface area contributed by atoms with Crippen LogP contribution in [-0.2, 0) is 26.2 Å². The molecule has 9 heteroatoms. The van der Waals surface area contributed by atoms with Gasteiger partial charge in [0, 0.05) is 37.2 Å². The van der Waals surface area contributed by atoms with E-state index in [0.29, 0.717) is 26.3 Å². The maximum absolute atomic E-state index is 12.9. The highest BCUT2D eigenvalue weighted by atomic mass is 32.2. The zero-order valence-electron chi connectivity index (χ0n) is 14.0. The SMILES string of the molecule is CNS(=O)(=O)NC(Cc1c[nH]c2ccccc12)C(=O)N1CCOCC1. The van der Waals surface area contributed by atoms with Gasteiger partial charge in [-0.15, -0.1) is 0 Å². The van der Waals surface area contributed by atoms with Crippen molar-refractivity contribution in [1.82, 2.24) is 19.3 Å². The molecule has 3 N–H and O–H groups in total. The first-order valence-corrected chi connectivity index (χ1v) is 9.61. The van der Waals surface area contributed by atoms with Gasteiger partial charge >= 0.3 is 0 Å². The lowest BCUT2D eigenvalue weighted by molar-refractivity contribution is -0.137. The molecule has 1 aromatic heterocycles. The topological polar surface area (TPSA) is 104 Å². The van der Waals surface area contributed by atoms with Gasteiger partial charge in [0.25, 0.3) is 10.2 Å². The second-order valence-electron chi connectivity index (χ2n) is 5.88. The Labute approximate surface area is 146 Å². The van der Waals surface area contributed by atoms with Gasteiger partial charge in [0.15, 0.2) is 0 Å². The van der Waals surface area contributed by atoms with Crippen LogP contribution >= 0.6 is 0 Å². The van der Waals surface area contributed by atoms with Gasteiger partial charge in [0.2, 0.25) is 5.91 Å². The first-order valence-electron chi connectivity index (χ1n) is 8.12. The van der Waals surface area contributed by atoms with Gasteiger partial charge in [-0.3, -0.25) is 4.79 Å². The maximum Gasteiger partial charge on any atom is 0.277 e. The second kappa shape index (κ2) is 7.52. The predicted molar refractivity (Wildman–Crippen MR) is 94.3 cm³/mol. The summed E-state index contributed by atoms with van der Waals surface area (Å²) < 4.78 is 33.9. The Morgan fingerprint density at radius 3 is 2.76 bits per heavy atom. The minimum Gasteiger partial charge on any atom is -0.378 e. The summed E-state index contributed by atoms with van der Waals surface area (Å²) in [6.45, 7) is 1.85. The second-order valence-corrected chi connectivity index (χ2v) is 7.53. The number of rotatable bonds is 6. The Kier molecular flexibility index (Phi) is 5.38. The van der Waals surface area contributed by atoms with Crippen molar-refractivity contribution < 1.29 is 17.9 Å². The van der Waals surface area contributed by atoms with Gasteiger partial charge in [-0.05, 0) is 18.1 Å². The number of aromatic nitrogens is 1. The van der Waals surface area contributed by atoms with E-state index in [9.17, 15) is 13.2 Å².